The van der Waals surface area contributed by atoms with E-state index in [0.717, 1.165) is 22.6 Å². The van der Waals surface area contributed by atoms with Crippen molar-refractivity contribution in [3.63, 3.8) is 0 Å². The number of aryl methyl sites for hydroxylation is 2. The van der Waals surface area contributed by atoms with Gasteiger partial charge in [-0.1, -0.05) is 12.1 Å². The first-order valence-corrected chi connectivity index (χ1v) is 7.84. The number of amides is 1. The smallest absolute Gasteiger partial charge is 0.243 e. The van der Waals surface area contributed by atoms with E-state index < -0.39 is 0 Å². The molecule has 3 N–H and O–H groups in total. The summed E-state index contributed by atoms with van der Waals surface area (Å²) in [4.78, 5) is 12.0. The molecule has 0 saturated carbocycles. The topological polar surface area (TPSA) is 71.0 Å². The third-order valence-corrected chi connectivity index (χ3v) is 3.84. The number of hydrogen-bond donors (Lipinski definition) is 3. The van der Waals surface area contributed by atoms with Crippen molar-refractivity contribution in [1.82, 2.24) is 20.4 Å². The van der Waals surface area contributed by atoms with Crippen LogP contribution in [0.25, 0.3) is 0 Å². The van der Waals surface area contributed by atoms with Gasteiger partial charge in [0, 0.05) is 13.6 Å². The predicted octanol–water partition coefficient (Wildman–Crippen LogP) is 1.78. The number of hydrogen-bond acceptors (Lipinski definition) is 3. The van der Waals surface area contributed by atoms with Gasteiger partial charge in [-0.15, -0.1) is 0 Å². The number of carbonyl (C=O) groups excluding carboxylic acids is 1. The Hall–Kier alpha value is -2.48. The van der Waals surface area contributed by atoms with Crippen LogP contribution in [0.5, 0.6) is 0 Å². The van der Waals surface area contributed by atoms with Crippen LogP contribution < -0.4 is 16.0 Å². The molecule has 0 aliphatic heterocycles. The van der Waals surface area contributed by atoms with E-state index in [2.05, 4.69) is 21.0 Å². The Morgan fingerprint density at radius 3 is 2.50 bits per heavy atom. The van der Waals surface area contributed by atoms with E-state index >= 15 is 0 Å². The van der Waals surface area contributed by atoms with Gasteiger partial charge in [-0.25, -0.2) is 4.39 Å². The van der Waals surface area contributed by atoms with Crippen LogP contribution in [0.3, 0.4) is 0 Å². The fraction of sp³-hybridized carbons (Fsp3) is 0.312. The molecule has 6 nitrogen and oxygen atoms in total. The van der Waals surface area contributed by atoms with Gasteiger partial charge in [0.25, 0.3) is 0 Å². The summed E-state index contributed by atoms with van der Waals surface area (Å²) in [6.07, 6.45) is 0. The maximum atomic E-state index is 12.8. The van der Waals surface area contributed by atoms with Crippen molar-refractivity contribution in [2.75, 3.05) is 11.9 Å². The van der Waals surface area contributed by atoms with Gasteiger partial charge >= 0.3 is 0 Å². The molecule has 0 aliphatic carbocycles. The molecule has 0 bridgehead atoms. The fourth-order valence-electron chi connectivity index (χ4n) is 2.15. The van der Waals surface area contributed by atoms with Crippen molar-refractivity contribution >= 4 is 28.9 Å². The number of nitrogens with one attached hydrogen (secondary N) is 3. The summed E-state index contributed by atoms with van der Waals surface area (Å²) in [5.74, 6) is -0.489. The molecule has 0 aliphatic rings. The molecule has 128 valence electrons. The highest BCUT2D eigenvalue weighted by atomic mass is 32.1. The maximum Gasteiger partial charge on any atom is 0.243 e. The first-order valence-electron chi connectivity index (χ1n) is 7.43. The Morgan fingerprint density at radius 2 is 1.92 bits per heavy atom. The fourth-order valence-corrected chi connectivity index (χ4v) is 2.29. The molecule has 2 rings (SSSR count). The average molecular weight is 349 g/mol. The summed E-state index contributed by atoms with van der Waals surface area (Å²) in [7, 11) is 1.82. The highest BCUT2D eigenvalue weighted by Gasteiger charge is 2.12. The van der Waals surface area contributed by atoms with E-state index in [9.17, 15) is 9.18 Å². The second-order valence-electron chi connectivity index (χ2n) is 5.38. The normalized spacial score (nSPS) is 10.3. The number of thiocarbonyl (C=S) groups is 1. The minimum absolute atomic E-state index is 0.0447. The lowest BCUT2D eigenvalue weighted by atomic mass is 10.2. The predicted molar refractivity (Wildman–Crippen MR) is 95.2 cm³/mol. The lowest BCUT2D eigenvalue weighted by Gasteiger charge is -2.11. The molecule has 0 unspecified atom stereocenters. The van der Waals surface area contributed by atoms with Gasteiger partial charge in [-0.2, -0.15) is 5.10 Å². The largest absolute Gasteiger partial charge is 0.359 e. The molecular weight excluding hydrogens is 329 g/mol. The molecule has 8 heteroatoms. The number of rotatable bonds is 5. The standard InChI is InChI=1S/C16H20FN5OS/c1-10-15(11(2)22(3)21-10)20-14(23)9-19-16(24)18-8-12-4-6-13(17)7-5-12/h4-7H,8-9H2,1-3H3,(H,20,23)(H2,18,19,24). The van der Waals surface area contributed by atoms with Gasteiger partial charge in [0.15, 0.2) is 5.11 Å². The molecule has 1 heterocycles. The van der Waals surface area contributed by atoms with Gasteiger partial charge in [0.1, 0.15) is 5.82 Å². The minimum atomic E-state index is -0.280. The number of halogens is 1. The monoisotopic (exact) mass is 349 g/mol. The van der Waals surface area contributed by atoms with Crippen LogP contribution in [0.15, 0.2) is 24.3 Å². The molecule has 1 aromatic heterocycles. The van der Waals surface area contributed by atoms with E-state index in [1.807, 2.05) is 20.9 Å². The van der Waals surface area contributed by atoms with E-state index in [-0.39, 0.29) is 18.3 Å². The molecule has 0 saturated heterocycles. The SMILES string of the molecule is Cc1nn(C)c(C)c1NC(=O)CNC(=S)NCc1ccc(F)cc1. The number of aromatic nitrogens is 2. The average Bonchev–Trinajstić information content (AvgIpc) is 2.78. The molecule has 1 aromatic carbocycles. The van der Waals surface area contributed by atoms with Crippen LogP contribution in [0.4, 0.5) is 10.1 Å². The summed E-state index contributed by atoms with van der Waals surface area (Å²) in [6.45, 7) is 4.22. The Bertz CT molecular complexity index is 742. The summed E-state index contributed by atoms with van der Waals surface area (Å²) < 4.78 is 14.5. The third kappa shape index (κ3) is 4.76. The van der Waals surface area contributed by atoms with Gasteiger partial charge in [-0.3, -0.25) is 9.48 Å². The maximum absolute atomic E-state index is 12.8. The minimum Gasteiger partial charge on any atom is -0.359 e. The van der Waals surface area contributed by atoms with E-state index in [0.29, 0.717) is 11.7 Å². The first kappa shape index (κ1) is 17.9. The van der Waals surface area contributed by atoms with Crippen LogP contribution in [0.1, 0.15) is 17.0 Å². The Balaban J connectivity index is 1.76. The highest BCUT2D eigenvalue weighted by Crippen LogP contribution is 2.17. The second-order valence-corrected chi connectivity index (χ2v) is 5.79. The van der Waals surface area contributed by atoms with Crippen molar-refractivity contribution in [2.45, 2.75) is 20.4 Å². The molecule has 0 atom stereocenters. The summed E-state index contributed by atoms with van der Waals surface area (Å²) in [6, 6.07) is 6.12. The van der Waals surface area contributed by atoms with Gasteiger partial charge < -0.3 is 16.0 Å². The Labute approximate surface area is 145 Å². The van der Waals surface area contributed by atoms with E-state index in [1.54, 1.807) is 16.8 Å². The van der Waals surface area contributed by atoms with Gasteiger partial charge in [0.05, 0.1) is 23.6 Å². The van der Waals surface area contributed by atoms with E-state index in [4.69, 9.17) is 12.2 Å². The Kier molecular flexibility index (Phi) is 5.86. The second kappa shape index (κ2) is 7.87. The number of carbonyl (C=O) groups is 1. The van der Waals surface area contributed by atoms with Gasteiger partial charge in [-0.05, 0) is 43.8 Å². The molecule has 0 radical (unpaired) electrons. The van der Waals surface area contributed by atoms with E-state index in [1.165, 1.54) is 12.1 Å². The van der Waals surface area contributed by atoms with Crippen molar-refractivity contribution in [1.29, 1.82) is 0 Å². The molecule has 1 amide bonds. The lowest BCUT2D eigenvalue weighted by molar-refractivity contribution is -0.115. The number of benzene rings is 1. The quantitative estimate of drug-likeness (QED) is 0.718. The molecule has 24 heavy (non-hydrogen) atoms. The lowest BCUT2D eigenvalue weighted by Crippen LogP contribution is -2.39. The van der Waals surface area contributed by atoms with Crippen molar-refractivity contribution in [2.24, 2.45) is 7.05 Å². The summed E-state index contributed by atoms with van der Waals surface area (Å²) >= 11 is 5.12. The van der Waals surface area contributed by atoms with Crippen LogP contribution in [0.2, 0.25) is 0 Å². The molecule has 2 aromatic rings. The van der Waals surface area contributed by atoms with Crippen molar-refractivity contribution < 1.29 is 9.18 Å². The van der Waals surface area contributed by atoms with Crippen molar-refractivity contribution in [3.05, 3.63) is 47.0 Å². The number of anilines is 1. The molecule has 0 fully saturated rings. The summed E-state index contributed by atoms with van der Waals surface area (Å²) in [5.41, 5.74) is 3.26. The first-order chi connectivity index (χ1) is 11.4. The Morgan fingerprint density at radius 1 is 1.25 bits per heavy atom. The van der Waals surface area contributed by atoms with Crippen molar-refractivity contribution in [3.8, 4) is 0 Å². The molecular formula is C16H20FN5OS. The molecule has 0 spiro atoms. The third-order valence-electron chi connectivity index (χ3n) is 3.55. The zero-order valence-corrected chi connectivity index (χ0v) is 14.6. The highest BCUT2D eigenvalue weighted by molar-refractivity contribution is 7.80. The van der Waals surface area contributed by atoms with Crippen LogP contribution >= 0.6 is 12.2 Å². The summed E-state index contributed by atoms with van der Waals surface area (Å²) in [5, 5.41) is 13.2. The zero-order valence-electron chi connectivity index (χ0n) is 13.8. The van der Waals surface area contributed by atoms with Gasteiger partial charge in [0.2, 0.25) is 5.91 Å². The van der Waals surface area contributed by atoms with Crippen LogP contribution in [-0.2, 0) is 18.4 Å². The van der Waals surface area contributed by atoms with Crippen LogP contribution in [-0.4, -0.2) is 27.3 Å². The zero-order chi connectivity index (χ0) is 17.7. The van der Waals surface area contributed by atoms with Crippen LogP contribution in [0, 0.1) is 19.7 Å². The number of nitrogens with zero attached hydrogens (tertiary/aromatic N) is 2.